The van der Waals surface area contributed by atoms with Crippen LogP contribution in [-0.2, 0) is 13.0 Å². The van der Waals surface area contributed by atoms with Crippen molar-refractivity contribution in [2.45, 2.75) is 23.4 Å². The Balaban J connectivity index is 1.73. The first kappa shape index (κ1) is 14.9. The second-order valence-corrected chi connectivity index (χ2v) is 5.29. The summed E-state index contributed by atoms with van der Waals surface area (Å²) in [5, 5.41) is 3.22. The second kappa shape index (κ2) is 6.81. The molecule has 1 aromatic heterocycles. The number of alkyl halides is 3. The summed E-state index contributed by atoms with van der Waals surface area (Å²) >= 11 is -0.0967. The van der Waals surface area contributed by atoms with Crippen LogP contribution in [0.1, 0.15) is 11.4 Å². The number of thioether (sulfide) groups is 1. The van der Waals surface area contributed by atoms with Crippen molar-refractivity contribution in [3.63, 3.8) is 0 Å². The molecule has 2 aromatic rings. The van der Waals surface area contributed by atoms with Gasteiger partial charge in [-0.15, -0.1) is 0 Å². The number of rotatable bonds is 6. The van der Waals surface area contributed by atoms with Gasteiger partial charge in [-0.2, -0.15) is 13.2 Å². The lowest BCUT2D eigenvalue weighted by Crippen LogP contribution is -2.17. The first-order valence-corrected chi connectivity index (χ1v) is 6.88. The molecule has 1 heterocycles. The number of halogens is 3. The van der Waals surface area contributed by atoms with E-state index in [1.807, 2.05) is 0 Å². The van der Waals surface area contributed by atoms with Crippen molar-refractivity contribution in [3.05, 3.63) is 48.0 Å². The Labute approximate surface area is 119 Å². The van der Waals surface area contributed by atoms with Crippen molar-refractivity contribution < 1.29 is 13.2 Å². The molecule has 0 bridgehead atoms. The van der Waals surface area contributed by atoms with E-state index in [9.17, 15) is 13.2 Å². The molecule has 0 atom stereocenters. The Morgan fingerprint density at radius 2 is 1.95 bits per heavy atom. The highest BCUT2D eigenvalue weighted by molar-refractivity contribution is 8.00. The average Bonchev–Trinajstić information content (AvgIpc) is 2.88. The number of aromatic amines is 1. The molecule has 0 radical (unpaired) electrons. The number of hydrogen-bond donors (Lipinski definition) is 2. The normalized spacial score (nSPS) is 11.8. The van der Waals surface area contributed by atoms with E-state index in [4.69, 9.17) is 0 Å². The lowest BCUT2D eigenvalue weighted by molar-refractivity contribution is -0.0328. The fourth-order valence-electron chi connectivity index (χ4n) is 1.68. The SMILES string of the molecule is FC(F)(F)Sc1ccc(CNCCc2ncc[nH]2)cc1. The zero-order valence-electron chi connectivity index (χ0n) is 10.6. The molecule has 0 amide bonds. The number of hydrogen-bond acceptors (Lipinski definition) is 3. The molecule has 0 spiro atoms. The molecule has 3 nitrogen and oxygen atoms in total. The second-order valence-electron chi connectivity index (χ2n) is 4.15. The lowest BCUT2D eigenvalue weighted by Gasteiger charge is -2.07. The van der Waals surface area contributed by atoms with Crippen molar-refractivity contribution in [3.8, 4) is 0 Å². The molecule has 0 saturated carbocycles. The van der Waals surface area contributed by atoms with Crippen LogP contribution in [0.25, 0.3) is 0 Å². The Morgan fingerprint density at radius 3 is 2.55 bits per heavy atom. The summed E-state index contributed by atoms with van der Waals surface area (Å²) in [7, 11) is 0. The van der Waals surface area contributed by atoms with E-state index in [0.29, 0.717) is 6.54 Å². The minimum absolute atomic E-state index is 0.0967. The van der Waals surface area contributed by atoms with Crippen LogP contribution < -0.4 is 5.32 Å². The minimum Gasteiger partial charge on any atom is -0.349 e. The van der Waals surface area contributed by atoms with Gasteiger partial charge in [-0.1, -0.05) is 12.1 Å². The molecule has 2 N–H and O–H groups in total. The molecule has 20 heavy (non-hydrogen) atoms. The van der Waals surface area contributed by atoms with E-state index in [0.717, 1.165) is 24.4 Å². The summed E-state index contributed by atoms with van der Waals surface area (Å²) in [4.78, 5) is 7.31. The van der Waals surface area contributed by atoms with Gasteiger partial charge >= 0.3 is 5.51 Å². The van der Waals surface area contributed by atoms with Crippen LogP contribution in [0.15, 0.2) is 41.6 Å². The van der Waals surface area contributed by atoms with Gasteiger partial charge in [0.1, 0.15) is 5.82 Å². The first-order chi connectivity index (χ1) is 9.53. The van der Waals surface area contributed by atoms with E-state index in [1.165, 1.54) is 12.1 Å². The average molecular weight is 301 g/mol. The number of H-pyrrole nitrogens is 1. The van der Waals surface area contributed by atoms with Gasteiger partial charge in [0.2, 0.25) is 0 Å². The molecule has 1 aromatic carbocycles. The van der Waals surface area contributed by atoms with Crippen LogP contribution in [0.2, 0.25) is 0 Å². The summed E-state index contributed by atoms with van der Waals surface area (Å²) in [5.41, 5.74) is -3.28. The Kier molecular flexibility index (Phi) is 5.08. The highest BCUT2D eigenvalue weighted by Gasteiger charge is 2.28. The lowest BCUT2D eigenvalue weighted by atomic mass is 10.2. The maximum Gasteiger partial charge on any atom is 0.446 e. The van der Waals surface area contributed by atoms with Crippen LogP contribution in [-0.4, -0.2) is 22.0 Å². The summed E-state index contributed by atoms with van der Waals surface area (Å²) in [6, 6.07) is 6.38. The summed E-state index contributed by atoms with van der Waals surface area (Å²) in [5.74, 6) is 0.912. The van der Waals surface area contributed by atoms with Gasteiger partial charge in [0.25, 0.3) is 0 Å². The van der Waals surface area contributed by atoms with Gasteiger partial charge in [-0.3, -0.25) is 0 Å². The van der Waals surface area contributed by atoms with Crippen molar-refractivity contribution in [2.75, 3.05) is 6.54 Å². The predicted molar refractivity (Wildman–Crippen MR) is 72.4 cm³/mol. The van der Waals surface area contributed by atoms with Crippen molar-refractivity contribution >= 4 is 11.8 Å². The molecule has 0 fully saturated rings. The number of benzene rings is 1. The summed E-state index contributed by atoms with van der Waals surface area (Å²) in [6.07, 6.45) is 4.26. The van der Waals surface area contributed by atoms with E-state index in [-0.39, 0.29) is 16.7 Å². The third kappa shape index (κ3) is 5.26. The molecule has 0 saturated heterocycles. The number of nitrogens with zero attached hydrogens (tertiary/aromatic N) is 1. The van der Waals surface area contributed by atoms with Gasteiger partial charge in [-0.25, -0.2) is 4.98 Å². The van der Waals surface area contributed by atoms with E-state index >= 15 is 0 Å². The van der Waals surface area contributed by atoms with Crippen LogP contribution in [0, 0.1) is 0 Å². The molecule has 0 aliphatic rings. The molecule has 0 aliphatic heterocycles. The molecule has 0 aliphatic carbocycles. The third-order valence-corrected chi connectivity index (χ3v) is 3.32. The van der Waals surface area contributed by atoms with Gasteiger partial charge in [0.15, 0.2) is 0 Å². The maximum atomic E-state index is 12.2. The Morgan fingerprint density at radius 1 is 1.20 bits per heavy atom. The Bertz CT molecular complexity index is 509. The van der Waals surface area contributed by atoms with E-state index < -0.39 is 5.51 Å². The highest BCUT2D eigenvalue weighted by Crippen LogP contribution is 2.36. The number of imidazole rings is 1. The smallest absolute Gasteiger partial charge is 0.349 e. The quantitative estimate of drug-likeness (QED) is 0.635. The minimum atomic E-state index is -4.23. The molecule has 7 heteroatoms. The summed E-state index contributed by atoms with van der Waals surface area (Å²) in [6.45, 7) is 1.38. The fourth-order valence-corrected chi connectivity index (χ4v) is 2.22. The highest BCUT2D eigenvalue weighted by atomic mass is 32.2. The zero-order valence-corrected chi connectivity index (χ0v) is 11.4. The number of nitrogens with one attached hydrogen (secondary N) is 2. The van der Waals surface area contributed by atoms with Crippen LogP contribution in [0.5, 0.6) is 0 Å². The van der Waals surface area contributed by atoms with Gasteiger partial charge < -0.3 is 10.3 Å². The molecule has 108 valence electrons. The molecule has 2 rings (SSSR count). The van der Waals surface area contributed by atoms with Crippen molar-refractivity contribution in [1.82, 2.24) is 15.3 Å². The van der Waals surface area contributed by atoms with Crippen LogP contribution in [0.3, 0.4) is 0 Å². The van der Waals surface area contributed by atoms with E-state index in [2.05, 4.69) is 15.3 Å². The first-order valence-electron chi connectivity index (χ1n) is 6.06. The van der Waals surface area contributed by atoms with Gasteiger partial charge in [0, 0.05) is 36.8 Å². The monoisotopic (exact) mass is 301 g/mol. The van der Waals surface area contributed by atoms with Crippen molar-refractivity contribution in [1.29, 1.82) is 0 Å². The third-order valence-electron chi connectivity index (χ3n) is 2.58. The largest absolute Gasteiger partial charge is 0.446 e. The molecular formula is C13H14F3N3S. The van der Waals surface area contributed by atoms with Crippen LogP contribution >= 0.6 is 11.8 Å². The topological polar surface area (TPSA) is 40.7 Å². The molecular weight excluding hydrogens is 287 g/mol. The molecule has 0 unspecified atom stereocenters. The fraction of sp³-hybridized carbons (Fsp3) is 0.308. The van der Waals surface area contributed by atoms with Gasteiger partial charge in [-0.05, 0) is 29.5 Å². The number of aromatic nitrogens is 2. The van der Waals surface area contributed by atoms with E-state index in [1.54, 1.807) is 24.5 Å². The zero-order chi connectivity index (χ0) is 14.4. The Hall–Kier alpha value is -1.47. The van der Waals surface area contributed by atoms with Crippen LogP contribution in [0.4, 0.5) is 13.2 Å². The summed E-state index contributed by atoms with van der Waals surface area (Å²) < 4.78 is 36.5. The predicted octanol–water partition coefficient (Wildman–Crippen LogP) is 3.35. The standard InChI is InChI=1S/C13H14F3N3S/c14-13(15,16)20-11-3-1-10(2-4-11)9-17-6-5-12-18-7-8-19-12/h1-4,7-8,17H,5-6,9H2,(H,18,19). The maximum absolute atomic E-state index is 12.2. The van der Waals surface area contributed by atoms with Gasteiger partial charge in [0.05, 0.1) is 0 Å². The van der Waals surface area contributed by atoms with Crippen molar-refractivity contribution in [2.24, 2.45) is 0 Å².